The van der Waals surface area contributed by atoms with Gasteiger partial charge >= 0.3 is 6.09 Å². The van der Waals surface area contributed by atoms with E-state index >= 15 is 0 Å². The van der Waals surface area contributed by atoms with Crippen LogP contribution in [0.15, 0.2) is 30.3 Å². The third-order valence-corrected chi connectivity index (χ3v) is 2.60. The van der Waals surface area contributed by atoms with E-state index in [1.54, 1.807) is 0 Å². The smallest absolute Gasteiger partial charge is 0.407 e. The van der Waals surface area contributed by atoms with Gasteiger partial charge in [0, 0.05) is 12.6 Å². The first-order chi connectivity index (χ1) is 7.84. The van der Waals surface area contributed by atoms with Gasteiger partial charge < -0.3 is 15.4 Å². The monoisotopic (exact) mass is 220 g/mol. The molecule has 1 atom stereocenters. The lowest BCUT2D eigenvalue weighted by Gasteiger charge is -2.11. The number of carbonyl (C=O) groups is 1. The maximum atomic E-state index is 11.4. The number of rotatable bonds is 3. The SMILES string of the molecule is O=C(NC1CCNC1)OCc1ccccc1. The first-order valence-corrected chi connectivity index (χ1v) is 5.52. The molecule has 1 aliphatic rings. The molecule has 0 aliphatic carbocycles. The minimum absolute atomic E-state index is 0.211. The highest BCUT2D eigenvalue weighted by Gasteiger charge is 2.16. The van der Waals surface area contributed by atoms with Gasteiger partial charge in [-0.3, -0.25) is 0 Å². The molecule has 16 heavy (non-hydrogen) atoms. The van der Waals surface area contributed by atoms with Crippen LogP contribution in [0.1, 0.15) is 12.0 Å². The third kappa shape index (κ3) is 3.24. The van der Waals surface area contributed by atoms with E-state index < -0.39 is 0 Å². The predicted octanol–water partition coefficient (Wildman–Crippen LogP) is 1.27. The van der Waals surface area contributed by atoms with E-state index in [4.69, 9.17) is 4.74 Å². The molecule has 1 unspecified atom stereocenters. The first kappa shape index (κ1) is 11.0. The van der Waals surface area contributed by atoms with Crippen molar-refractivity contribution in [1.82, 2.24) is 10.6 Å². The van der Waals surface area contributed by atoms with Gasteiger partial charge in [0.1, 0.15) is 6.61 Å². The van der Waals surface area contributed by atoms with E-state index in [1.807, 2.05) is 30.3 Å². The molecule has 0 spiro atoms. The second-order valence-corrected chi connectivity index (χ2v) is 3.90. The number of nitrogens with one attached hydrogen (secondary N) is 2. The highest BCUT2D eigenvalue weighted by Crippen LogP contribution is 2.02. The van der Waals surface area contributed by atoms with E-state index in [1.165, 1.54) is 0 Å². The van der Waals surface area contributed by atoms with Gasteiger partial charge in [-0.2, -0.15) is 0 Å². The molecule has 2 N–H and O–H groups in total. The van der Waals surface area contributed by atoms with Crippen molar-refractivity contribution in [2.24, 2.45) is 0 Å². The molecule has 0 bridgehead atoms. The lowest BCUT2D eigenvalue weighted by Crippen LogP contribution is -2.36. The predicted molar refractivity (Wildman–Crippen MR) is 61.0 cm³/mol. The van der Waals surface area contributed by atoms with Crippen molar-refractivity contribution in [3.8, 4) is 0 Å². The number of carbonyl (C=O) groups excluding carboxylic acids is 1. The van der Waals surface area contributed by atoms with E-state index in [-0.39, 0.29) is 12.1 Å². The van der Waals surface area contributed by atoms with Crippen molar-refractivity contribution >= 4 is 6.09 Å². The third-order valence-electron chi connectivity index (χ3n) is 2.60. The Hall–Kier alpha value is -1.55. The molecule has 4 nitrogen and oxygen atoms in total. The summed E-state index contributed by atoms with van der Waals surface area (Å²) >= 11 is 0. The van der Waals surface area contributed by atoms with Crippen LogP contribution in [-0.2, 0) is 11.3 Å². The zero-order valence-corrected chi connectivity index (χ0v) is 9.11. The van der Waals surface area contributed by atoms with Gasteiger partial charge in [0.2, 0.25) is 0 Å². The van der Waals surface area contributed by atoms with Gasteiger partial charge in [0.25, 0.3) is 0 Å². The molecule has 1 aliphatic heterocycles. The number of hydrogen-bond acceptors (Lipinski definition) is 3. The standard InChI is InChI=1S/C12H16N2O2/c15-12(14-11-6-7-13-8-11)16-9-10-4-2-1-3-5-10/h1-5,11,13H,6-9H2,(H,14,15). The van der Waals surface area contributed by atoms with E-state index in [2.05, 4.69) is 10.6 Å². The second-order valence-electron chi connectivity index (χ2n) is 3.90. The first-order valence-electron chi connectivity index (χ1n) is 5.52. The number of hydrogen-bond donors (Lipinski definition) is 2. The van der Waals surface area contributed by atoms with Crippen molar-refractivity contribution in [2.45, 2.75) is 19.1 Å². The number of benzene rings is 1. The molecule has 86 valence electrons. The van der Waals surface area contributed by atoms with Gasteiger partial charge in [-0.1, -0.05) is 30.3 Å². The summed E-state index contributed by atoms with van der Waals surface area (Å²) in [7, 11) is 0. The molecule has 0 radical (unpaired) electrons. The fraction of sp³-hybridized carbons (Fsp3) is 0.417. The molecule has 1 aromatic rings. The Morgan fingerprint density at radius 2 is 2.25 bits per heavy atom. The highest BCUT2D eigenvalue weighted by atomic mass is 16.5. The van der Waals surface area contributed by atoms with Crippen LogP contribution in [0.2, 0.25) is 0 Å². The summed E-state index contributed by atoms with van der Waals surface area (Å²) in [5.74, 6) is 0. The molecule has 1 fully saturated rings. The lowest BCUT2D eigenvalue weighted by atomic mass is 10.2. The zero-order valence-electron chi connectivity index (χ0n) is 9.11. The quantitative estimate of drug-likeness (QED) is 0.806. The lowest BCUT2D eigenvalue weighted by molar-refractivity contribution is 0.136. The van der Waals surface area contributed by atoms with Crippen LogP contribution in [0.3, 0.4) is 0 Å². The van der Waals surface area contributed by atoms with Gasteiger partial charge in [0.05, 0.1) is 0 Å². The fourth-order valence-corrected chi connectivity index (χ4v) is 1.71. The van der Waals surface area contributed by atoms with Crippen LogP contribution in [0, 0.1) is 0 Å². The molecule has 1 heterocycles. The van der Waals surface area contributed by atoms with Gasteiger partial charge in [0.15, 0.2) is 0 Å². The maximum absolute atomic E-state index is 11.4. The highest BCUT2D eigenvalue weighted by molar-refractivity contribution is 5.67. The van der Waals surface area contributed by atoms with Crippen LogP contribution < -0.4 is 10.6 Å². The topological polar surface area (TPSA) is 50.4 Å². The summed E-state index contributed by atoms with van der Waals surface area (Å²) in [6, 6.07) is 9.88. The summed E-state index contributed by atoms with van der Waals surface area (Å²) in [4.78, 5) is 11.4. The van der Waals surface area contributed by atoms with Crippen LogP contribution in [-0.4, -0.2) is 25.2 Å². The molecule has 1 aromatic carbocycles. The number of amides is 1. The minimum atomic E-state index is -0.336. The van der Waals surface area contributed by atoms with E-state index in [0.29, 0.717) is 6.61 Å². The largest absolute Gasteiger partial charge is 0.445 e. The molecule has 1 amide bonds. The van der Waals surface area contributed by atoms with Gasteiger partial charge in [-0.25, -0.2) is 4.79 Å². The molecule has 1 saturated heterocycles. The average molecular weight is 220 g/mol. The summed E-state index contributed by atoms with van der Waals surface area (Å²) < 4.78 is 5.11. The molecule has 0 saturated carbocycles. The van der Waals surface area contributed by atoms with Crippen LogP contribution in [0.4, 0.5) is 4.79 Å². The van der Waals surface area contributed by atoms with Gasteiger partial charge in [-0.15, -0.1) is 0 Å². The summed E-state index contributed by atoms with van der Waals surface area (Å²) in [6.07, 6.45) is 0.637. The normalized spacial score (nSPS) is 19.4. The molecule has 0 aromatic heterocycles. The number of alkyl carbamates (subject to hydrolysis) is 1. The van der Waals surface area contributed by atoms with Crippen LogP contribution in [0.5, 0.6) is 0 Å². The van der Waals surface area contributed by atoms with Gasteiger partial charge in [-0.05, 0) is 18.5 Å². The Kier molecular flexibility index (Phi) is 3.77. The molecular weight excluding hydrogens is 204 g/mol. The summed E-state index contributed by atoms with van der Waals surface area (Å²) in [5, 5.41) is 6.01. The number of ether oxygens (including phenoxy) is 1. The van der Waals surface area contributed by atoms with E-state index in [0.717, 1.165) is 25.1 Å². The summed E-state index contributed by atoms with van der Waals surface area (Å²) in [6.45, 7) is 2.12. The van der Waals surface area contributed by atoms with Crippen molar-refractivity contribution in [3.63, 3.8) is 0 Å². The average Bonchev–Trinajstić information content (AvgIpc) is 2.81. The molecule has 4 heteroatoms. The molecule has 2 rings (SSSR count). The van der Waals surface area contributed by atoms with Crippen LogP contribution >= 0.6 is 0 Å². The van der Waals surface area contributed by atoms with Crippen molar-refractivity contribution in [3.05, 3.63) is 35.9 Å². The Morgan fingerprint density at radius 1 is 1.44 bits per heavy atom. The van der Waals surface area contributed by atoms with Crippen molar-refractivity contribution < 1.29 is 9.53 Å². The van der Waals surface area contributed by atoms with Crippen LogP contribution in [0.25, 0.3) is 0 Å². The Bertz CT molecular complexity index is 334. The maximum Gasteiger partial charge on any atom is 0.407 e. The summed E-state index contributed by atoms with van der Waals surface area (Å²) in [5.41, 5.74) is 1.00. The van der Waals surface area contributed by atoms with E-state index in [9.17, 15) is 4.79 Å². The zero-order chi connectivity index (χ0) is 11.2. The fourth-order valence-electron chi connectivity index (χ4n) is 1.71. The Morgan fingerprint density at radius 3 is 2.94 bits per heavy atom. The van der Waals surface area contributed by atoms with Crippen molar-refractivity contribution in [2.75, 3.05) is 13.1 Å². The van der Waals surface area contributed by atoms with Crippen molar-refractivity contribution in [1.29, 1.82) is 0 Å². The molecular formula is C12H16N2O2. The Labute approximate surface area is 95.0 Å². The Balaban J connectivity index is 1.71. The second kappa shape index (κ2) is 5.51. The minimum Gasteiger partial charge on any atom is -0.445 e.